The van der Waals surface area contributed by atoms with Crippen molar-refractivity contribution < 1.29 is 0 Å². The van der Waals surface area contributed by atoms with Gasteiger partial charge in [-0.1, -0.05) is 18.2 Å². The van der Waals surface area contributed by atoms with Crippen LogP contribution in [0.3, 0.4) is 0 Å². The predicted molar refractivity (Wildman–Crippen MR) is 69.3 cm³/mol. The Morgan fingerprint density at radius 1 is 1.47 bits per heavy atom. The van der Waals surface area contributed by atoms with E-state index in [9.17, 15) is 0 Å². The van der Waals surface area contributed by atoms with Crippen LogP contribution in [0.15, 0.2) is 29.2 Å². The van der Waals surface area contributed by atoms with E-state index in [1.165, 1.54) is 10.5 Å². The molecule has 0 amide bonds. The molecule has 0 radical (unpaired) electrons. The highest BCUT2D eigenvalue weighted by atomic mass is 32.2. The molecule has 1 aromatic carbocycles. The zero-order valence-corrected chi connectivity index (χ0v) is 10.3. The first-order chi connectivity index (χ1) is 7.31. The fraction of sp³-hybridized carbons (Fsp3) is 0.364. The van der Waals surface area contributed by atoms with Crippen molar-refractivity contribution in [1.29, 1.82) is 0 Å². The van der Waals surface area contributed by atoms with E-state index >= 15 is 0 Å². The molecule has 0 spiro atoms. The van der Waals surface area contributed by atoms with Crippen molar-refractivity contribution in [3.8, 4) is 0 Å². The molecule has 0 aliphatic carbocycles. The lowest BCUT2D eigenvalue weighted by Crippen LogP contribution is -2.36. The van der Waals surface area contributed by atoms with Gasteiger partial charge < -0.3 is 10.6 Å². The summed E-state index contributed by atoms with van der Waals surface area (Å²) in [6, 6.07) is 8.89. The molecule has 1 heterocycles. The molecule has 15 heavy (non-hydrogen) atoms. The summed E-state index contributed by atoms with van der Waals surface area (Å²) in [5.74, 6) is 1.15. The fourth-order valence-electron chi connectivity index (χ4n) is 1.72. The van der Waals surface area contributed by atoms with E-state index in [0.717, 1.165) is 17.3 Å². The van der Waals surface area contributed by atoms with E-state index in [-0.39, 0.29) is 0 Å². The highest BCUT2D eigenvalue weighted by Crippen LogP contribution is 2.35. The van der Waals surface area contributed by atoms with E-state index in [1.54, 1.807) is 0 Å². The van der Waals surface area contributed by atoms with Crippen LogP contribution in [0.1, 0.15) is 18.0 Å². The Kier molecular flexibility index (Phi) is 3.49. The maximum atomic E-state index is 5.14. The topological polar surface area (TPSA) is 24.1 Å². The van der Waals surface area contributed by atoms with Gasteiger partial charge in [-0.3, -0.25) is 0 Å². The fourth-order valence-corrected chi connectivity index (χ4v) is 2.99. The number of benzene rings is 1. The number of thioether (sulfide) groups is 1. The lowest BCUT2D eigenvalue weighted by Gasteiger charge is -2.26. The Hall–Kier alpha value is -0.740. The Balaban J connectivity index is 2.18. The second-order valence-corrected chi connectivity index (χ2v) is 5.00. The second kappa shape index (κ2) is 4.86. The maximum Gasteiger partial charge on any atom is 0.166 e. The van der Waals surface area contributed by atoms with Gasteiger partial charge >= 0.3 is 0 Å². The van der Waals surface area contributed by atoms with Crippen molar-refractivity contribution in [3.63, 3.8) is 0 Å². The van der Waals surface area contributed by atoms with E-state index in [4.69, 9.17) is 12.2 Å². The molecule has 1 aliphatic heterocycles. The van der Waals surface area contributed by atoms with Gasteiger partial charge in [0, 0.05) is 17.7 Å². The monoisotopic (exact) mass is 238 g/mol. The van der Waals surface area contributed by atoms with Crippen LogP contribution >= 0.6 is 24.0 Å². The lowest BCUT2D eigenvalue weighted by molar-refractivity contribution is 0.607. The molecule has 0 saturated carbocycles. The van der Waals surface area contributed by atoms with E-state index in [2.05, 4.69) is 34.9 Å². The molecule has 0 saturated heterocycles. The molecule has 1 atom stereocenters. The summed E-state index contributed by atoms with van der Waals surface area (Å²) < 4.78 is 0. The number of hydrogen-bond donors (Lipinski definition) is 2. The van der Waals surface area contributed by atoms with Gasteiger partial charge in [0.25, 0.3) is 0 Å². The van der Waals surface area contributed by atoms with Crippen LogP contribution in [0, 0.1) is 0 Å². The Morgan fingerprint density at radius 3 is 3.07 bits per heavy atom. The van der Waals surface area contributed by atoms with Crippen LogP contribution in [0.2, 0.25) is 0 Å². The second-order valence-electron chi connectivity index (χ2n) is 3.45. The molecule has 0 bridgehead atoms. The molecule has 1 aliphatic rings. The number of rotatable bonds is 1. The smallest absolute Gasteiger partial charge is 0.166 e. The summed E-state index contributed by atoms with van der Waals surface area (Å²) >= 11 is 7.06. The van der Waals surface area contributed by atoms with Crippen LogP contribution in [0.25, 0.3) is 0 Å². The Labute approximate surface area is 99.8 Å². The first-order valence-electron chi connectivity index (χ1n) is 5.01. The van der Waals surface area contributed by atoms with Crippen molar-refractivity contribution in [2.75, 3.05) is 12.8 Å². The van der Waals surface area contributed by atoms with Crippen molar-refractivity contribution >= 4 is 29.1 Å². The molecule has 2 N–H and O–H groups in total. The third-order valence-corrected chi connectivity index (χ3v) is 3.94. The Bertz CT molecular complexity index is 365. The first kappa shape index (κ1) is 10.8. The summed E-state index contributed by atoms with van der Waals surface area (Å²) in [6.45, 7) is 0. The maximum absolute atomic E-state index is 5.14. The zero-order chi connectivity index (χ0) is 10.7. The Morgan fingerprint density at radius 2 is 2.27 bits per heavy atom. The largest absolute Gasteiger partial charge is 0.366 e. The summed E-state index contributed by atoms with van der Waals surface area (Å²) in [5, 5.41) is 7.01. The predicted octanol–water partition coefficient (Wildman–Crippen LogP) is 2.32. The van der Waals surface area contributed by atoms with Crippen LogP contribution in [-0.2, 0) is 0 Å². The summed E-state index contributed by atoms with van der Waals surface area (Å²) in [4.78, 5) is 1.38. The van der Waals surface area contributed by atoms with Crippen LogP contribution in [-0.4, -0.2) is 17.9 Å². The van der Waals surface area contributed by atoms with Crippen LogP contribution < -0.4 is 10.6 Å². The van der Waals surface area contributed by atoms with Gasteiger partial charge in [0.15, 0.2) is 5.11 Å². The quantitative estimate of drug-likeness (QED) is 0.733. The molecule has 2 nitrogen and oxygen atoms in total. The normalized spacial score (nSPS) is 19.1. The molecule has 0 fully saturated rings. The SMILES string of the molecule is CNC(=S)N[C@H]1CCSc2ccccc21. The van der Waals surface area contributed by atoms with E-state index in [1.807, 2.05) is 18.8 Å². The van der Waals surface area contributed by atoms with Crippen molar-refractivity contribution in [2.45, 2.75) is 17.4 Å². The standard InChI is InChI=1S/C11H14N2S2/c1-12-11(14)13-9-6-7-15-10-5-3-2-4-8(9)10/h2-5,9H,6-7H2,1H3,(H2,12,13,14)/t9-/m0/s1. The van der Waals surface area contributed by atoms with Crippen LogP contribution in [0.5, 0.6) is 0 Å². The lowest BCUT2D eigenvalue weighted by atomic mass is 10.0. The molecule has 0 aromatic heterocycles. The average molecular weight is 238 g/mol. The van der Waals surface area contributed by atoms with Gasteiger partial charge in [-0.05, 0) is 30.3 Å². The third kappa shape index (κ3) is 2.44. The van der Waals surface area contributed by atoms with Crippen molar-refractivity contribution in [2.24, 2.45) is 0 Å². The van der Waals surface area contributed by atoms with Crippen LogP contribution in [0.4, 0.5) is 0 Å². The van der Waals surface area contributed by atoms with Gasteiger partial charge in [0.2, 0.25) is 0 Å². The number of nitrogens with one attached hydrogen (secondary N) is 2. The van der Waals surface area contributed by atoms with E-state index < -0.39 is 0 Å². The summed E-state index contributed by atoms with van der Waals surface area (Å²) in [7, 11) is 1.85. The van der Waals surface area contributed by atoms with Crippen molar-refractivity contribution in [3.05, 3.63) is 29.8 Å². The molecule has 4 heteroatoms. The molecule has 2 rings (SSSR count). The first-order valence-corrected chi connectivity index (χ1v) is 6.40. The highest BCUT2D eigenvalue weighted by Gasteiger charge is 2.20. The van der Waals surface area contributed by atoms with Gasteiger partial charge in [-0.2, -0.15) is 0 Å². The molecular weight excluding hydrogens is 224 g/mol. The van der Waals surface area contributed by atoms with Gasteiger partial charge in [-0.15, -0.1) is 11.8 Å². The zero-order valence-electron chi connectivity index (χ0n) is 8.62. The van der Waals surface area contributed by atoms with Crippen molar-refractivity contribution in [1.82, 2.24) is 10.6 Å². The average Bonchev–Trinajstić information content (AvgIpc) is 2.29. The number of hydrogen-bond acceptors (Lipinski definition) is 2. The number of thiocarbonyl (C=S) groups is 1. The molecule has 1 aromatic rings. The third-order valence-electron chi connectivity index (χ3n) is 2.49. The molecule has 0 unspecified atom stereocenters. The molecule has 80 valence electrons. The van der Waals surface area contributed by atoms with Gasteiger partial charge in [0.1, 0.15) is 0 Å². The minimum Gasteiger partial charge on any atom is -0.366 e. The number of fused-ring (bicyclic) bond motifs is 1. The summed E-state index contributed by atoms with van der Waals surface area (Å²) in [5.41, 5.74) is 1.37. The highest BCUT2D eigenvalue weighted by molar-refractivity contribution is 7.99. The van der Waals surface area contributed by atoms with Gasteiger partial charge in [-0.25, -0.2) is 0 Å². The molecular formula is C11H14N2S2. The minimum absolute atomic E-state index is 0.363. The minimum atomic E-state index is 0.363. The van der Waals surface area contributed by atoms with Gasteiger partial charge in [0.05, 0.1) is 6.04 Å². The van der Waals surface area contributed by atoms with E-state index in [0.29, 0.717) is 6.04 Å². The summed E-state index contributed by atoms with van der Waals surface area (Å²) in [6.07, 6.45) is 1.13.